The Bertz CT molecular complexity index is 1720. The number of rotatable bonds is 7. The van der Waals surface area contributed by atoms with E-state index in [4.69, 9.17) is 4.74 Å². The number of esters is 1. The number of aromatic nitrogens is 3. The molecule has 0 saturated heterocycles. The van der Waals surface area contributed by atoms with Crippen LogP contribution in [0.4, 0.5) is 4.39 Å². The van der Waals surface area contributed by atoms with Gasteiger partial charge in [-0.3, -0.25) is 9.48 Å². The van der Waals surface area contributed by atoms with E-state index in [1.54, 1.807) is 35.1 Å². The summed E-state index contributed by atoms with van der Waals surface area (Å²) in [5, 5.41) is 5.09. The molecule has 0 unspecified atom stereocenters. The first-order valence-corrected chi connectivity index (χ1v) is 13.7. The minimum absolute atomic E-state index is 0.0388. The highest BCUT2D eigenvalue weighted by atomic mass is 32.2. The third-order valence-electron chi connectivity index (χ3n) is 6.99. The molecule has 1 aliphatic carbocycles. The zero-order valence-corrected chi connectivity index (χ0v) is 21.1. The van der Waals surface area contributed by atoms with Crippen LogP contribution in [-0.4, -0.2) is 28.1 Å². The van der Waals surface area contributed by atoms with Crippen molar-refractivity contribution < 1.29 is 22.3 Å². The fourth-order valence-corrected chi connectivity index (χ4v) is 6.21. The summed E-state index contributed by atoms with van der Waals surface area (Å²) in [5.41, 5.74) is 2.53. The van der Waals surface area contributed by atoms with Crippen LogP contribution in [0, 0.1) is 11.7 Å². The summed E-state index contributed by atoms with van der Waals surface area (Å²) in [7, 11) is -3.94. The van der Waals surface area contributed by atoms with Crippen molar-refractivity contribution in [3.63, 3.8) is 0 Å². The maximum Gasteiger partial charge on any atom is 0.309 e. The third kappa shape index (κ3) is 4.39. The molecule has 0 aliphatic heterocycles. The zero-order valence-electron chi connectivity index (χ0n) is 20.3. The Balaban J connectivity index is 1.22. The van der Waals surface area contributed by atoms with Crippen molar-refractivity contribution in [2.24, 2.45) is 5.92 Å². The maximum absolute atomic E-state index is 14.2. The summed E-state index contributed by atoms with van der Waals surface area (Å²) in [4.78, 5) is 12.6. The van der Waals surface area contributed by atoms with E-state index >= 15 is 0 Å². The van der Waals surface area contributed by atoms with Gasteiger partial charge in [-0.2, -0.15) is 5.10 Å². The van der Waals surface area contributed by atoms with Gasteiger partial charge in [-0.15, -0.1) is 0 Å². The van der Waals surface area contributed by atoms with Crippen LogP contribution < -0.4 is 0 Å². The number of halogens is 1. The first kappa shape index (κ1) is 24.1. The molecule has 1 saturated carbocycles. The number of hydrogen-bond donors (Lipinski definition) is 0. The fraction of sp³-hybridized carbons (Fsp3) is 0.172. The van der Waals surface area contributed by atoms with Crippen molar-refractivity contribution in [3.05, 3.63) is 109 Å². The van der Waals surface area contributed by atoms with E-state index in [1.165, 1.54) is 30.5 Å². The van der Waals surface area contributed by atoms with Crippen LogP contribution in [0.2, 0.25) is 0 Å². The standard InChI is InChI=1S/C29H24FN3O4S/c30-23-11-12-26-27(18-33(28(26)15-23)38(35,36)25-9-5-2-6-10-25)22-16-31-32(17-22)24-13-21(14-24)29(34)37-19-20-7-3-1-4-8-20/h1-12,15-18,21,24H,13-14,19H2. The van der Waals surface area contributed by atoms with Crippen LogP contribution in [0.15, 0.2) is 102 Å². The molecule has 2 aromatic heterocycles. The molecule has 0 spiro atoms. The van der Waals surface area contributed by atoms with Crippen molar-refractivity contribution in [2.75, 3.05) is 0 Å². The number of carbonyl (C=O) groups is 1. The Labute approximate surface area is 219 Å². The molecule has 9 heteroatoms. The molecule has 0 radical (unpaired) electrons. The Morgan fingerprint density at radius 1 is 0.974 bits per heavy atom. The van der Waals surface area contributed by atoms with Crippen LogP contribution in [-0.2, 0) is 26.2 Å². The molecular weight excluding hydrogens is 505 g/mol. The number of benzene rings is 3. The molecule has 3 aromatic carbocycles. The van der Waals surface area contributed by atoms with E-state index in [2.05, 4.69) is 5.10 Å². The molecule has 2 heterocycles. The smallest absolute Gasteiger partial charge is 0.309 e. The molecule has 38 heavy (non-hydrogen) atoms. The van der Waals surface area contributed by atoms with Gasteiger partial charge in [0.15, 0.2) is 0 Å². The average molecular weight is 530 g/mol. The summed E-state index contributed by atoms with van der Waals surface area (Å²) in [6, 6.07) is 21.8. The predicted molar refractivity (Wildman–Crippen MR) is 140 cm³/mol. The van der Waals surface area contributed by atoms with E-state index in [9.17, 15) is 17.6 Å². The first-order valence-electron chi connectivity index (χ1n) is 12.3. The second kappa shape index (κ2) is 9.57. The quantitative estimate of drug-likeness (QED) is 0.257. The summed E-state index contributed by atoms with van der Waals surface area (Å²) in [5.74, 6) is -0.923. The van der Waals surface area contributed by atoms with Crippen LogP contribution in [0.3, 0.4) is 0 Å². The van der Waals surface area contributed by atoms with Crippen LogP contribution in [0.1, 0.15) is 24.4 Å². The zero-order chi connectivity index (χ0) is 26.3. The molecule has 0 N–H and O–H groups in total. The van der Waals surface area contributed by atoms with E-state index in [-0.39, 0.29) is 34.9 Å². The van der Waals surface area contributed by atoms with Crippen molar-refractivity contribution in [1.82, 2.24) is 13.8 Å². The highest BCUT2D eigenvalue weighted by molar-refractivity contribution is 7.90. The number of hydrogen-bond acceptors (Lipinski definition) is 5. The molecule has 7 nitrogen and oxygen atoms in total. The summed E-state index contributed by atoms with van der Waals surface area (Å²) >= 11 is 0. The summed E-state index contributed by atoms with van der Waals surface area (Å²) in [6.45, 7) is 0.253. The van der Waals surface area contributed by atoms with E-state index in [0.29, 0.717) is 29.4 Å². The van der Waals surface area contributed by atoms with Gasteiger partial charge in [0.1, 0.15) is 12.4 Å². The second-order valence-corrected chi connectivity index (χ2v) is 11.3. The van der Waals surface area contributed by atoms with Gasteiger partial charge in [-0.05, 0) is 48.7 Å². The Morgan fingerprint density at radius 3 is 2.42 bits per heavy atom. The Hall–Kier alpha value is -4.24. The average Bonchev–Trinajstić information content (AvgIpc) is 3.53. The lowest BCUT2D eigenvalue weighted by atomic mass is 9.80. The molecule has 1 aliphatic rings. The molecule has 0 bridgehead atoms. The number of fused-ring (bicyclic) bond motifs is 1. The normalized spacial score (nSPS) is 17.3. The SMILES string of the molecule is O=C(OCc1ccccc1)C1CC(n2cc(-c3cn(S(=O)(=O)c4ccccc4)c4cc(F)ccc34)cn2)C1. The maximum atomic E-state index is 14.2. The number of ether oxygens (including phenoxy) is 1. The lowest BCUT2D eigenvalue weighted by molar-refractivity contribution is -0.154. The molecule has 6 rings (SSSR count). The van der Waals surface area contributed by atoms with Gasteiger partial charge in [0.05, 0.1) is 28.6 Å². The monoisotopic (exact) mass is 529 g/mol. The van der Waals surface area contributed by atoms with Gasteiger partial charge in [-0.1, -0.05) is 48.5 Å². The molecule has 0 atom stereocenters. The van der Waals surface area contributed by atoms with Gasteiger partial charge in [0.2, 0.25) is 0 Å². The number of nitrogens with zero attached hydrogens (tertiary/aromatic N) is 3. The Morgan fingerprint density at radius 2 is 1.68 bits per heavy atom. The van der Waals surface area contributed by atoms with Crippen molar-refractivity contribution in [2.45, 2.75) is 30.4 Å². The van der Waals surface area contributed by atoms with Gasteiger partial charge < -0.3 is 4.74 Å². The first-order chi connectivity index (χ1) is 18.4. The molecule has 5 aromatic rings. The van der Waals surface area contributed by atoms with Crippen LogP contribution in [0.5, 0.6) is 0 Å². The highest BCUT2D eigenvalue weighted by Gasteiger charge is 2.37. The van der Waals surface area contributed by atoms with Gasteiger partial charge in [0, 0.05) is 28.9 Å². The van der Waals surface area contributed by atoms with Gasteiger partial charge in [-0.25, -0.2) is 16.8 Å². The summed E-state index contributed by atoms with van der Waals surface area (Å²) in [6.07, 6.45) is 6.25. The molecule has 1 fully saturated rings. The van der Waals surface area contributed by atoms with Crippen LogP contribution in [0.25, 0.3) is 22.0 Å². The van der Waals surface area contributed by atoms with E-state index < -0.39 is 15.8 Å². The summed E-state index contributed by atoms with van der Waals surface area (Å²) < 4.78 is 49.3. The second-order valence-electron chi connectivity index (χ2n) is 9.44. The topological polar surface area (TPSA) is 83.2 Å². The number of carbonyl (C=O) groups excluding carboxylic acids is 1. The van der Waals surface area contributed by atoms with E-state index in [1.807, 2.05) is 36.5 Å². The lowest BCUT2D eigenvalue weighted by Gasteiger charge is -2.33. The lowest BCUT2D eigenvalue weighted by Crippen LogP contribution is -2.33. The molecule has 192 valence electrons. The third-order valence-corrected chi connectivity index (χ3v) is 8.68. The van der Waals surface area contributed by atoms with Crippen molar-refractivity contribution in [1.29, 1.82) is 0 Å². The highest BCUT2D eigenvalue weighted by Crippen LogP contribution is 2.40. The molecular formula is C29H24FN3O4S. The fourth-order valence-electron chi connectivity index (χ4n) is 4.83. The van der Waals surface area contributed by atoms with Crippen molar-refractivity contribution >= 4 is 26.9 Å². The van der Waals surface area contributed by atoms with Crippen LogP contribution >= 0.6 is 0 Å². The molecule has 0 amide bonds. The minimum atomic E-state index is -3.94. The predicted octanol–water partition coefficient (Wildman–Crippen LogP) is 5.58. The minimum Gasteiger partial charge on any atom is -0.461 e. The van der Waals surface area contributed by atoms with Gasteiger partial charge >= 0.3 is 5.97 Å². The van der Waals surface area contributed by atoms with Crippen molar-refractivity contribution in [3.8, 4) is 11.1 Å². The Kier molecular flexibility index (Phi) is 6.07. The largest absolute Gasteiger partial charge is 0.461 e. The van der Waals surface area contributed by atoms with E-state index in [0.717, 1.165) is 9.54 Å². The van der Waals surface area contributed by atoms with Gasteiger partial charge in [0.25, 0.3) is 10.0 Å².